The van der Waals surface area contributed by atoms with Crippen molar-refractivity contribution < 1.29 is 14.7 Å². The Morgan fingerprint density at radius 2 is 2.00 bits per heavy atom. The van der Waals surface area contributed by atoms with Gasteiger partial charge in [0.15, 0.2) is 0 Å². The summed E-state index contributed by atoms with van der Waals surface area (Å²) in [6.45, 7) is 6.45. The van der Waals surface area contributed by atoms with E-state index in [1.807, 2.05) is 27.8 Å². The van der Waals surface area contributed by atoms with Gasteiger partial charge in [0.25, 0.3) is 0 Å². The lowest BCUT2D eigenvalue weighted by Crippen LogP contribution is -2.27. The summed E-state index contributed by atoms with van der Waals surface area (Å²) in [5.74, 6) is -0.490. The molecule has 6 nitrogen and oxygen atoms in total. The zero-order valence-corrected chi connectivity index (χ0v) is 13.3. The second-order valence-electron chi connectivity index (χ2n) is 5.63. The van der Waals surface area contributed by atoms with Crippen LogP contribution in [0.5, 0.6) is 0 Å². The van der Waals surface area contributed by atoms with Gasteiger partial charge in [-0.2, -0.15) is 5.10 Å². The second kappa shape index (κ2) is 7.81. The van der Waals surface area contributed by atoms with E-state index < -0.39 is 5.97 Å². The molecule has 1 atom stereocenters. The van der Waals surface area contributed by atoms with Crippen molar-refractivity contribution in [3.8, 4) is 0 Å². The third-order valence-corrected chi connectivity index (χ3v) is 3.81. The van der Waals surface area contributed by atoms with Crippen molar-refractivity contribution in [2.24, 2.45) is 13.0 Å². The Labute approximate surface area is 125 Å². The molecule has 21 heavy (non-hydrogen) atoms. The van der Waals surface area contributed by atoms with Gasteiger partial charge in [0.2, 0.25) is 5.91 Å². The largest absolute Gasteiger partial charge is 0.481 e. The van der Waals surface area contributed by atoms with Crippen LogP contribution < -0.4 is 5.32 Å². The molecular formula is C15H25N3O3. The van der Waals surface area contributed by atoms with Crippen LogP contribution >= 0.6 is 0 Å². The number of aryl methyl sites for hydroxylation is 2. The number of nitrogens with one attached hydrogen (secondary N) is 1. The summed E-state index contributed by atoms with van der Waals surface area (Å²) in [6.07, 6.45) is 1.97. The number of rotatable bonds is 8. The molecular weight excluding hydrogens is 270 g/mol. The fourth-order valence-electron chi connectivity index (χ4n) is 2.27. The predicted octanol–water partition coefficient (Wildman–Crippen LogP) is 1.59. The van der Waals surface area contributed by atoms with Crippen molar-refractivity contribution in [3.05, 3.63) is 17.0 Å². The number of nitrogens with zero attached hydrogens (tertiary/aromatic N) is 2. The summed E-state index contributed by atoms with van der Waals surface area (Å²) in [7, 11) is 1.87. The number of carboxylic acid groups (broad SMARTS) is 1. The standard InChI is InChI=1S/C15H25N3O3/c1-10(5-6-15(20)21)7-8-16-14(19)9-13-11(2)17-18(4)12(13)3/h10H,5-9H2,1-4H3,(H,16,19)(H,20,21). The first kappa shape index (κ1) is 17.2. The first-order valence-corrected chi connectivity index (χ1v) is 7.28. The van der Waals surface area contributed by atoms with E-state index >= 15 is 0 Å². The molecule has 0 aliphatic heterocycles. The van der Waals surface area contributed by atoms with Crippen molar-refractivity contribution in [1.82, 2.24) is 15.1 Å². The quantitative estimate of drug-likeness (QED) is 0.762. The van der Waals surface area contributed by atoms with Gasteiger partial charge >= 0.3 is 5.97 Å². The first-order chi connectivity index (χ1) is 9.81. The lowest BCUT2D eigenvalue weighted by Gasteiger charge is -2.11. The van der Waals surface area contributed by atoms with Crippen molar-refractivity contribution in [3.63, 3.8) is 0 Å². The molecule has 0 saturated heterocycles. The summed E-state index contributed by atoms with van der Waals surface area (Å²) in [5.41, 5.74) is 2.88. The highest BCUT2D eigenvalue weighted by Crippen LogP contribution is 2.13. The molecule has 2 N–H and O–H groups in total. The van der Waals surface area contributed by atoms with Crippen molar-refractivity contribution in [2.45, 2.75) is 46.5 Å². The minimum Gasteiger partial charge on any atom is -0.481 e. The van der Waals surface area contributed by atoms with Gasteiger partial charge in [-0.05, 0) is 32.6 Å². The fraction of sp³-hybridized carbons (Fsp3) is 0.667. The Balaban J connectivity index is 2.33. The number of hydrogen-bond acceptors (Lipinski definition) is 3. The summed E-state index contributed by atoms with van der Waals surface area (Å²) >= 11 is 0. The van der Waals surface area contributed by atoms with Gasteiger partial charge in [-0.25, -0.2) is 0 Å². The number of hydrogen-bond donors (Lipinski definition) is 2. The molecule has 0 spiro atoms. The number of carbonyl (C=O) groups is 2. The smallest absolute Gasteiger partial charge is 0.303 e. The molecule has 0 saturated carbocycles. The van der Waals surface area contributed by atoms with Crippen LogP contribution in [0.3, 0.4) is 0 Å². The monoisotopic (exact) mass is 295 g/mol. The molecule has 1 aromatic rings. The Kier molecular flexibility index (Phi) is 6.39. The molecule has 1 unspecified atom stereocenters. The lowest BCUT2D eigenvalue weighted by molar-refractivity contribution is -0.137. The second-order valence-corrected chi connectivity index (χ2v) is 5.63. The molecule has 1 rings (SSSR count). The van der Waals surface area contributed by atoms with Gasteiger partial charge in [0, 0.05) is 31.3 Å². The van der Waals surface area contributed by atoms with E-state index in [0.29, 0.717) is 25.3 Å². The van der Waals surface area contributed by atoms with E-state index in [9.17, 15) is 9.59 Å². The zero-order valence-electron chi connectivity index (χ0n) is 13.3. The minimum absolute atomic E-state index is 0.0142. The summed E-state index contributed by atoms with van der Waals surface area (Å²) in [5, 5.41) is 15.8. The highest BCUT2D eigenvalue weighted by molar-refractivity contribution is 5.79. The van der Waals surface area contributed by atoms with Crippen LogP contribution in [-0.4, -0.2) is 33.3 Å². The summed E-state index contributed by atoms with van der Waals surface area (Å²) < 4.78 is 1.78. The Hall–Kier alpha value is -1.85. The van der Waals surface area contributed by atoms with Gasteiger partial charge in [-0.1, -0.05) is 6.92 Å². The average Bonchev–Trinajstić information content (AvgIpc) is 2.63. The fourth-order valence-corrected chi connectivity index (χ4v) is 2.27. The Morgan fingerprint density at radius 1 is 1.33 bits per heavy atom. The number of carbonyl (C=O) groups excluding carboxylic acids is 1. The Morgan fingerprint density at radius 3 is 2.52 bits per heavy atom. The number of aliphatic carboxylic acids is 1. The molecule has 1 heterocycles. The first-order valence-electron chi connectivity index (χ1n) is 7.28. The molecule has 118 valence electrons. The molecule has 1 aromatic heterocycles. The number of aromatic nitrogens is 2. The molecule has 6 heteroatoms. The molecule has 0 aliphatic rings. The third-order valence-electron chi connectivity index (χ3n) is 3.81. The molecule has 0 fully saturated rings. The summed E-state index contributed by atoms with van der Waals surface area (Å²) in [6, 6.07) is 0. The average molecular weight is 295 g/mol. The highest BCUT2D eigenvalue weighted by Gasteiger charge is 2.13. The van der Waals surface area contributed by atoms with E-state index in [1.54, 1.807) is 4.68 Å². The van der Waals surface area contributed by atoms with Crippen LogP contribution in [-0.2, 0) is 23.1 Å². The van der Waals surface area contributed by atoms with Crippen LogP contribution in [0.2, 0.25) is 0 Å². The van der Waals surface area contributed by atoms with E-state index in [4.69, 9.17) is 5.11 Å². The van der Waals surface area contributed by atoms with Crippen LogP contribution in [0, 0.1) is 19.8 Å². The highest BCUT2D eigenvalue weighted by atomic mass is 16.4. The van der Waals surface area contributed by atoms with Crippen LogP contribution in [0.1, 0.15) is 43.1 Å². The minimum atomic E-state index is -0.770. The topological polar surface area (TPSA) is 84.2 Å². The van der Waals surface area contributed by atoms with E-state index in [0.717, 1.165) is 23.4 Å². The van der Waals surface area contributed by atoms with Gasteiger partial charge < -0.3 is 10.4 Å². The van der Waals surface area contributed by atoms with Crippen molar-refractivity contribution >= 4 is 11.9 Å². The maximum Gasteiger partial charge on any atom is 0.303 e. The normalized spacial score (nSPS) is 12.2. The van der Waals surface area contributed by atoms with Crippen LogP contribution in [0.4, 0.5) is 0 Å². The number of amides is 1. The van der Waals surface area contributed by atoms with E-state index in [2.05, 4.69) is 10.4 Å². The van der Waals surface area contributed by atoms with Crippen molar-refractivity contribution in [2.75, 3.05) is 6.54 Å². The lowest BCUT2D eigenvalue weighted by atomic mass is 10.0. The molecule has 0 bridgehead atoms. The van der Waals surface area contributed by atoms with E-state index in [1.165, 1.54) is 0 Å². The van der Waals surface area contributed by atoms with Crippen LogP contribution in [0.15, 0.2) is 0 Å². The maximum absolute atomic E-state index is 11.9. The molecule has 1 amide bonds. The third kappa shape index (κ3) is 5.57. The molecule has 0 radical (unpaired) electrons. The molecule has 0 aliphatic carbocycles. The van der Waals surface area contributed by atoms with Gasteiger partial charge in [-0.3, -0.25) is 14.3 Å². The maximum atomic E-state index is 11.9. The van der Waals surface area contributed by atoms with Crippen LogP contribution in [0.25, 0.3) is 0 Å². The molecule has 0 aromatic carbocycles. The van der Waals surface area contributed by atoms with E-state index in [-0.39, 0.29) is 12.3 Å². The van der Waals surface area contributed by atoms with Gasteiger partial charge in [0.05, 0.1) is 12.1 Å². The predicted molar refractivity (Wildman–Crippen MR) is 80.0 cm³/mol. The number of carboxylic acids is 1. The SMILES string of the molecule is Cc1nn(C)c(C)c1CC(=O)NCCC(C)CCC(=O)O. The van der Waals surface area contributed by atoms with Gasteiger partial charge in [0.1, 0.15) is 0 Å². The summed E-state index contributed by atoms with van der Waals surface area (Å²) in [4.78, 5) is 22.4. The van der Waals surface area contributed by atoms with Crippen molar-refractivity contribution in [1.29, 1.82) is 0 Å². The Bertz CT molecular complexity index is 509. The van der Waals surface area contributed by atoms with Gasteiger partial charge in [-0.15, -0.1) is 0 Å². The zero-order chi connectivity index (χ0) is 16.0.